The summed E-state index contributed by atoms with van der Waals surface area (Å²) in [5.74, 6) is 0.541. The summed E-state index contributed by atoms with van der Waals surface area (Å²) < 4.78 is 5.15. The number of amides is 2. The van der Waals surface area contributed by atoms with Crippen LogP contribution in [-0.4, -0.2) is 37.4 Å². The summed E-state index contributed by atoms with van der Waals surface area (Å²) >= 11 is 0. The summed E-state index contributed by atoms with van der Waals surface area (Å²) in [5.41, 5.74) is 2.18. The molecule has 2 amide bonds. The molecule has 0 spiro atoms. The third-order valence-electron chi connectivity index (χ3n) is 3.95. The van der Waals surface area contributed by atoms with E-state index in [1.54, 1.807) is 25.1 Å². The molecule has 3 rings (SSSR count). The van der Waals surface area contributed by atoms with E-state index in [1.165, 1.54) is 4.90 Å². The molecule has 5 nitrogen and oxygen atoms in total. The van der Waals surface area contributed by atoms with Crippen molar-refractivity contribution in [2.24, 2.45) is 0 Å². The van der Waals surface area contributed by atoms with Crippen molar-refractivity contribution in [3.63, 3.8) is 0 Å². The Morgan fingerprint density at radius 1 is 1.04 bits per heavy atom. The summed E-state index contributed by atoms with van der Waals surface area (Å²) in [4.78, 5) is 28.1. The lowest BCUT2D eigenvalue weighted by atomic mass is 10.1. The summed E-state index contributed by atoms with van der Waals surface area (Å²) in [6, 6.07) is 14.8. The Hall–Kier alpha value is -2.82. The largest absolute Gasteiger partial charge is 0.497 e. The summed E-state index contributed by atoms with van der Waals surface area (Å²) in [6.07, 6.45) is 0. The van der Waals surface area contributed by atoms with Crippen molar-refractivity contribution in [2.45, 2.75) is 6.54 Å². The minimum Gasteiger partial charge on any atom is -0.497 e. The number of ether oxygens (including phenoxy) is 1. The van der Waals surface area contributed by atoms with Crippen LogP contribution in [0.5, 0.6) is 5.75 Å². The van der Waals surface area contributed by atoms with Crippen molar-refractivity contribution >= 4 is 17.5 Å². The van der Waals surface area contributed by atoms with Crippen molar-refractivity contribution in [3.8, 4) is 5.75 Å². The highest BCUT2D eigenvalue weighted by molar-refractivity contribution is 6.09. The van der Waals surface area contributed by atoms with Crippen LogP contribution in [0, 0.1) is 0 Å². The molecular weight excluding hydrogens is 292 g/mol. The van der Waals surface area contributed by atoms with E-state index in [0.29, 0.717) is 17.8 Å². The number of benzene rings is 2. The molecule has 23 heavy (non-hydrogen) atoms. The lowest BCUT2D eigenvalue weighted by Crippen LogP contribution is -2.37. The van der Waals surface area contributed by atoms with Crippen LogP contribution >= 0.6 is 0 Å². The quantitative estimate of drug-likeness (QED) is 0.874. The molecule has 0 bridgehead atoms. The predicted octanol–water partition coefficient (Wildman–Crippen LogP) is 2.31. The fourth-order valence-electron chi connectivity index (χ4n) is 2.68. The predicted molar refractivity (Wildman–Crippen MR) is 87.6 cm³/mol. The molecule has 0 fully saturated rings. The molecule has 0 aliphatic carbocycles. The lowest BCUT2D eigenvalue weighted by molar-refractivity contribution is -0.119. The number of fused-ring (bicyclic) bond motifs is 1. The first-order valence-corrected chi connectivity index (χ1v) is 7.38. The summed E-state index contributed by atoms with van der Waals surface area (Å²) in [6.45, 7) is 0.491. The molecular formula is C18H18N2O3. The smallest absolute Gasteiger partial charge is 0.256 e. The zero-order valence-corrected chi connectivity index (χ0v) is 13.2. The van der Waals surface area contributed by atoms with Gasteiger partial charge in [0.05, 0.1) is 24.9 Å². The van der Waals surface area contributed by atoms with Gasteiger partial charge in [-0.2, -0.15) is 0 Å². The number of rotatable bonds is 3. The average molecular weight is 310 g/mol. The lowest BCUT2D eigenvalue weighted by Gasteiger charge is -2.22. The van der Waals surface area contributed by atoms with Gasteiger partial charge in [-0.25, -0.2) is 0 Å². The van der Waals surface area contributed by atoms with E-state index in [2.05, 4.69) is 0 Å². The molecule has 0 aromatic heterocycles. The fraction of sp³-hybridized carbons (Fsp3) is 0.222. The monoisotopic (exact) mass is 310 g/mol. The van der Waals surface area contributed by atoms with Gasteiger partial charge in [-0.15, -0.1) is 0 Å². The van der Waals surface area contributed by atoms with Gasteiger partial charge in [0, 0.05) is 7.05 Å². The molecule has 1 heterocycles. The molecule has 0 saturated carbocycles. The van der Waals surface area contributed by atoms with E-state index >= 15 is 0 Å². The molecule has 1 aliphatic rings. The van der Waals surface area contributed by atoms with Crippen LogP contribution in [-0.2, 0) is 11.3 Å². The highest BCUT2D eigenvalue weighted by Crippen LogP contribution is 2.27. The van der Waals surface area contributed by atoms with E-state index < -0.39 is 0 Å². The minimum absolute atomic E-state index is 0.0731. The van der Waals surface area contributed by atoms with Crippen molar-refractivity contribution in [1.29, 1.82) is 0 Å². The fourth-order valence-corrected chi connectivity index (χ4v) is 2.68. The van der Waals surface area contributed by atoms with E-state index in [1.807, 2.05) is 42.5 Å². The topological polar surface area (TPSA) is 49.9 Å². The third kappa shape index (κ3) is 2.90. The molecule has 0 saturated heterocycles. The maximum atomic E-state index is 12.6. The zero-order chi connectivity index (χ0) is 16.4. The van der Waals surface area contributed by atoms with Gasteiger partial charge in [0.2, 0.25) is 5.91 Å². The second-order valence-corrected chi connectivity index (χ2v) is 5.51. The normalized spacial score (nSPS) is 14.5. The second-order valence-electron chi connectivity index (χ2n) is 5.51. The van der Waals surface area contributed by atoms with Gasteiger partial charge in [-0.3, -0.25) is 9.59 Å². The molecule has 118 valence electrons. The molecule has 2 aromatic rings. The van der Waals surface area contributed by atoms with Crippen LogP contribution in [0.15, 0.2) is 48.5 Å². The van der Waals surface area contributed by atoms with Gasteiger partial charge in [0.15, 0.2) is 0 Å². The van der Waals surface area contributed by atoms with Gasteiger partial charge in [0.25, 0.3) is 5.91 Å². The Labute approximate surface area is 135 Å². The van der Waals surface area contributed by atoms with Gasteiger partial charge >= 0.3 is 0 Å². The second kappa shape index (κ2) is 6.12. The number of hydrogen-bond donors (Lipinski definition) is 0. The maximum Gasteiger partial charge on any atom is 0.256 e. The standard InChI is InChI=1S/C18H18N2O3/c1-19-12-17(21)20(11-13-7-9-14(23-2)10-8-13)16-6-4-3-5-15(16)18(19)22/h3-10H,11-12H2,1-2H3. The highest BCUT2D eigenvalue weighted by Gasteiger charge is 2.29. The van der Waals surface area contributed by atoms with Gasteiger partial charge in [-0.05, 0) is 29.8 Å². The van der Waals surface area contributed by atoms with Crippen LogP contribution in [0.1, 0.15) is 15.9 Å². The van der Waals surface area contributed by atoms with Crippen LogP contribution in [0.3, 0.4) is 0 Å². The molecule has 0 N–H and O–H groups in total. The van der Waals surface area contributed by atoms with Crippen molar-refractivity contribution < 1.29 is 14.3 Å². The molecule has 0 unspecified atom stereocenters. The molecule has 2 aromatic carbocycles. The molecule has 0 radical (unpaired) electrons. The number of anilines is 1. The van der Waals surface area contributed by atoms with Crippen molar-refractivity contribution in [1.82, 2.24) is 4.90 Å². The van der Waals surface area contributed by atoms with E-state index in [-0.39, 0.29) is 18.4 Å². The maximum absolute atomic E-state index is 12.6. The van der Waals surface area contributed by atoms with Crippen LogP contribution in [0.2, 0.25) is 0 Å². The number of carbonyl (C=O) groups excluding carboxylic acids is 2. The Morgan fingerprint density at radius 2 is 1.74 bits per heavy atom. The van der Waals surface area contributed by atoms with Gasteiger partial charge in [0.1, 0.15) is 12.3 Å². The number of methoxy groups -OCH3 is 1. The Balaban J connectivity index is 1.97. The average Bonchev–Trinajstić information content (AvgIpc) is 2.67. The Bertz CT molecular complexity index is 740. The number of hydrogen-bond acceptors (Lipinski definition) is 3. The van der Waals surface area contributed by atoms with Crippen LogP contribution in [0.4, 0.5) is 5.69 Å². The molecule has 5 heteroatoms. The first-order chi connectivity index (χ1) is 11.1. The Kier molecular flexibility index (Phi) is 4.02. The minimum atomic E-state index is -0.133. The molecule has 0 atom stereocenters. The SMILES string of the molecule is COc1ccc(CN2C(=O)CN(C)C(=O)c3ccccc32)cc1. The van der Waals surface area contributed by atoms with Crippen molar-refractivity contribution in [2.75, 3.05) is 25.6 Å². The van der Waals surface area contributed by atoms with E-state index in [4.69, 9.17) is 4.74 Å². The zero-order valence-electron chi connectivity index (χ0n) is 13.2. The number of nitrogens with zero attached hydrogens (tertiary/aromatic N) is 2. The number of carbonyl (C=O) groups is 2. The van der Waals surface area contributed by atoms with Gasteiger partial charge < -0.3 is 14.5 Å². The van der Waals surface area contributed by atoms with Crippen molar-refractivity contribution in [3.05, 3.63) is 59.7 Å². The van der Waals surface area contributed by atoms with Crippen LogP contribution in [0.25, 0.3) is 0 Å². The number of likely N-dealkylation sites (N-methyl/N-ethyl adjacent to an activating group) is 1. The number of para-hydroxylation sites is 1. The highest BCUT2D eigenvalue weighted by atomic mass is 16.5. The first-order valence-electron chi connectivity index (χ1n) is 7.38. The third-order valence-corrected chi connectivity index (χ3v) is 3.95. The summed E-state index contributed by atoms with van der Waals surface area (Å²) in [5, 5.41) is 0. The van der Waals surface area contributed by atoms with E-state index in [9.17, 15) is 9.59 Å². The van der Waals surface area contributed by atoms with Crippen LogP contribution < -0.4 is 9.64 Å². The first kappa shape index (κ1) is 15.1. The Morgan fingerprint density at radius 3 is 2.43 bits per heavy atom. The van der Waals surface area contributed by atoms with Gasteiger partial charge in [-0.1, -0.05) is 24.3 Å². The summed E-state index contributed by atoms with van der Waals surface area (Å²) in [7, 11) is 3.26. The molecule has 1 aliphatic heterocycles. The van der Waals surface area contributed by atoms with E-state index in [0.717, 1.165) is 11.3 Å².